The summed E-state index contributed by atoms with van der Waals surface area (Å²) < 4.78 is 10.6. The molecule has 0 aliphatic carbocycles. The summed E-state index contributed by atoms with van der Waals surface area (Å²) in [5.41, 5.74) is 0. The number of rotatable bonds is 7. The molecule has 1 aliphatic rings. The van der Waals surface area contributed by atoms with Gasteiger partial charge in [0.2, 0.25) is 0 Å². The Morgan fingerprint density at radius 1 is 1.50 bits per heavy atom. The van der Waals surface area contributed by atoms with Crippen LogP contribution in [0.25, 0.3) is 0 Å². The van der Waals surface area contributed by atoms with E-state index in [9.17, 15) is 9.59 Å². The van der Waals surface area contributed by atoms with E-state index in [0.29, 0.717) is 0 Å². The molecule has 0 saturated heterocycles. The van der Waals surface area contributed by atoms with Crippen LogP contribution >= 0.6 is 0 Å². The Labute approximate surface area is 120 Å². The Morgan fingerprint density at radius 3 is 2.80 bits per heavy atom. The standard InChI is InChI=1S/C16H24O4/c1-5-13-9-10-15(18)20-16(13)11(3)7-8-12(4)19-14(17)6-2/h6,9-13,16H,2,5,7-8H2,1,3-4H3/t11-,12?,13-,16-/m1/s1. The van der Waals surface area contributed by atoms with Crippen molar-refractivity contribution in [1.29, 1.82) is 0 Å². The fraction of sp³-hybridized carbons (Fsp3) is 0.625. The molecule has 0 amide bonds. The molecule has 1 aliphatic heterocycles. The summed E-state index contributed by atoms with van der Waals surface area (Å²) in [6.07, 6.45) is 6.90. The zero-order valence-electron chi connectivity index (χ0n) is 12.5. The molecule has 20 heavy (non-hydrogen) atoms. The number of ether oxygens (including phenoxy) is 2. The van der Waals surface area contributed by atoms with E-state index in [1.807, 2.05) is 13.0 Å². The molecule has 1 unspecified atom stereocenters. The van der Waals surface area contributed by atoms with Gasteiger partial charge in [-0.2, -0.15) is 0 Å². The van der Waals surface area contributed by atoms with Gasteiger partial charge in [0.15, 0.2) is 0 Å². The minimum atomic E-state index is -0.399. The van der Waals surface area contributed by atoms with Gasteiger partial charge in [0.1, 0.15) is 6.10 Å². The predicted molar refractivity (Wildman–Crippen MR) is 77.0 cm³/mol. The maximum Gasteiger partial charge on any atom is 0.330 e. The average molecular weight is 280 g/mol. The molecule has 0 radical (unpaired) electrons. The molecule has 112 valence electrons. The van der Waals surface area contributed by atoms with Crippen molar-refractivity contribution in [3.63, 3.8) is 0 Å². The van der Waals surface area contributed by atoms with Crippen LogP contribution in [0.15, 0.2) is 24.8 Å². The summed E-state index contributed by atoms with van der Waals surface area (Å²) in [5.74, 6) is -0.159. The van der Waals surface area contributed by atoms with Crippen molar-refractivity contribution < 1.29 is 19.1 Å². The van der Waals surface area contributed by atoms with Gasteiger partial charge in [0.05, 0.1) is 6.10 Å². The average Bonchev–Trinajstić information content (AvgIpc) is 2.44. The number of hydrogen-bond donors (Lipinski definition) is 0. The third-order valence-electron chi connectivity index (χ3n) is 3.70. The highest BCUT2D eigenvalue weighted by Gasteiger charge is 2.30. The molecule has 1 heterocycles. The highest BCUT2D eigenvalue weighted by atomic mass is 16.5. The Hall–Kier alpha value is -1.58. The molecule has 0 saturated carbocycles. The number of esters is 2. The first-order valence-corrected chi connectivity index (χ1v) is 7.19. The lowest BCUT2D eigenvalue weighted by Gasteiger charge is -2.32. The summed E-state index contributed by atoms with van der Waals surface area (Å²) in [6.45, 7) is 9.39. The number of carbonyl (C=O) groups excluding carboxylic acids is 2. The van der Waals surface area contributed by atoms with Crippen LogP contribution in [0.3, 0.4) is 0 Å². The van der Waals surface area contributed by atoms with Crippen LogP contribution in [0.1, 0.15) is 40.0 Å². The summed E-state index contributed by atoms with van der Waals surface area (Å²) in [7, 11) is 0. The van der Waals surface area contributed by atoms with Crippen LogP contribution < -0.4 is 0 Å². The topological polar surface area (TPSA) is 52.6 Å². The fourth-order valence-corrected chi connectivity index (χ4v) is 2.45. The van der Waals surface area contributed by atoms with Gasteiger partial charge in [-0.25, -0.2) is 9.59 Å². The lowest BCUT2D eigenvalue weighted by molar-refractivity contribution is -0.150. The van der Waals surface area contributed by atoms with Crippen LogP contribution in [0.2, 0.25) is 0 Å². The van der Waals surface area contributed by atoms with Gasteiger partial charge in [0.25, 0.3) is 0 Å². The van der Waals surface area contributed by atoms with Gasteiger partial charge in [0, 0.05) is 18.1 Å². The number of cyclic esters (lactones) is 1. The highest BCUT2D eigenvalue weighted by Crippen LogP contribution is 2.28. The molecule has 0 bridgehead atoms. The SMILES string of the molecule is C=CC(=O)OC(C)CC[C@@H](C)[C@H]1OC(=O)C=C[C@H]1CC. The van der Waals surface area contributed by atoms with Crippen molar-refractivity contribution in [2.24, 2.45) is 11.8 Å². The van der Waals surface area contributed by atoms with Gasteiger partial charge in [-0.3, -0.25) is 0 Å². The lowest BCUT2D eigenvalue weighted by Crippen LogP contribution is -2.34. The van der Waals surface area contributed by atoms with Crippen molar-refractivity contribution in [2.75, 3.05) is 0 Å². The third-order valence-corrected chi connectivity index (χ3v) is 3.70. The molecule has 4 nitrogen and oxygen atoms in total. The first kappa shape index (κ1) is 16.5. The monoisotopic (exact) mass is 280 g/mol. The van der Waals surface area contributed by atoms with E-state index >= 15 is 0 Å². The van der Waals surface area contributed by atoms with Gasteiger partial charge >= 0.3 is 11.9 Å². The summed E-state index contributed by atoms with van der Waals surface area (Å²) in [5, 5.41) is 0. The first-order chi connectivity index (χ1) is 9.47. The third kappa shape index (κ3) is 4.83. The minimum absolute atomic E-state index is 0.0835. The molecule has 0 aromatic heterocycles. The Bertz CT molecular complexity index is 386. The smallest absolute Gasteiger partial charge is 0.330 e. The van der Waals surface area contributed by atoms with Crippen molar-refractivity contribution in [3.8, 4) is 0 Å². The van der Waals surface area contributed by atoms with Crippen LogP contribution in [-0.2, 0) is 19.1 Å². The van der Waals surface area contributed by atoms with Crippen molar-refractivity contribution in [3.05, 3.63) is 24.8 Å². The molecule has 0 aromatic carbocycles. The van der Waals surface area contributed by atoms with Crippen molar-refractivity contribution in [1.82, 2.24) is 0 Å². The van der Waals surface area contributed by atoms with E-state index in [1.165, 1.54) is 12.2 Å². The van der Waals surface area contributed by atoms with E-state index in [1.54, 1.807) is 0 Å². The molecule has 0 fully saturated rings. The second-order valence-corrected chi connectivity index (χ2v) is 5.34. The molecular formula is C16H24O4. The fourth-order valence-electron chi connectivity index (χ4n) is 2.45. The van der Waals surface area contributed by atoms with Crippen LogP contribution in [0.4, 0.5) is 0 Å². The first-order valence-electron chi connectivity index (χ1n) is 7.19. The second kappa shape index (κ2) is 7.88. The zero-order valence-corrected chi connectivity index (χ0v) is 12.5. The maximum atomic E-state index is 11.4. The molecular weight excluding hydrogens is 256 g/mol. The van der Waals surface area contributed by atoms with E-state index in [4.69, 9.17) is 9.47 Å². The quantitative estimate of drug-likeness (QED) is 0.531. The van der Waals surface area contributed by atoms with Crippen LogP contribution in [0, 0.1) is 11.8 Å². The number of hydrogen-bond acceptors (Lipinski definition) is 4. The molecule has 4 atom stereocenters. The largest absolute Gasteiger partial charge is 0.460 e. The van der Waals surface area contributed by atoms with E-state index in [-0.39, 0.29) is 30.0 Å². The number of carbonyl (C=O) groups is 2. The predicted octanol–water partition coefficient (Wildman–Crippen LogP) is 3.03. The molecule has 0 N–H and O–H groups in total. The second-order valence-electron chi connectivity index (χ2n) is 5.34. The summed E-state index contributed by atoms with van der Waals surface area (Å²) in [4.78, 5) is 22.5. The van der Waals surface area contributed by atoms with Crippen LogP contribution in [-0.4, -0.2) is 24.1 Å². The van der Waals surface area contributed by atoms with E-state index in [2.05, 4.69) is 20.4 Å². The Morgan fingerprint density at radius 2 is 2.20 bits per heavy atom. The zero-order chi connectivity index (χ0) is 15.1. The molecule has 0 spiro atoms. The minimum Gasteiger partial charge on any atom is -0.460 e. The van der Waals surface area contributed by atoms with Crippen molar-refractivity contribution >= 4 is 11.9 Å². The Balaban J connectivity index is 2.47. The van der Waals surface area contributed by atoms with Crippen molar-refractivity contribution in [2.45, 2.75) is 52.2 Å². The molecule has 4 heteroatoms. The Kier molecular flexibility index (Phi) is 6.49. The van der Waals surface area contributed by atoms with E-state index in [0.717, 1.165) is 19.3 Å². The van der Waals surface area contributed by atoms with Gasteiger partial charge in [-0.05, 0) is 32.1 Å². The van der Waals surface area contributed by atoms with Gasteiger partial charge < -0.3 is 9.47 Å². The lowest BCUT2D eigenvalue weighted by atomic mass is 9.85. The van der Waals surface area contributed by atoms with Gasteiger partial charge in [-0.1, -0.05) is 26.5 Å². The van der Waals surface area contributed by atoms with Crippen LogP contribution in [0.5, 0.6) is 0 Å². The highest BCUT2D eigenvalue weighted by molar-refractivity contribution is 5.83. The summed E-state index contributed by atoms with van der Waals surface area (Å²) >= 11 is 0. The van der Waals surface area contributed by atoms with Gasteiger partial charge in [-0.15, -0.1) is 0 Å². The molecule has 1 rings (SSSR count). The molecule has 0 aromatic rings. The summed E-state index contributed by atoms with van der Waals surface area (Å²) in [6, 6.07) is 0. The van der Waals surface area contributed by atoms with E-state index < -0.39 is 5.97 Å². The normalized spacial score (nSPS) is 24.6. The maximum absolute atomic E-state index is 11.4.